The summed E-state index contributed by atoms with van der Waals surface area (Å²) in [5.41, 5.74) is 1.28. The Hall–Kier alpha value is -1.36. The van der Waals surface area contributed by atoms with Gasteiger partial charge in [0.2, 0.25) is 0 Å². The van der Waals surface area contributed by atoms with Crippen molar-refractivity contribution < 1.29 is 9.90 Å². The molecule has 0 bridgehead atoms. The predicted octanol–water partition coefficient (Wildman–Crippen LogP) is 1.56. The summed E-state index contributed by atoms with van der Waals surface area (Å²) >= 11 is 0. The average Bonchev–Trinajstić information content (AvgIpc) is 2.66. The van der Waals surface area contributed by atoms with E-state index in [0.29, 0.717) is 18.5 Å². The maximum atomic E-state index is 12.4. The van der Waals surface area contributed by atoms with Crippen LogP contribution in [0.4, 0.5) is 0 Å². The number of aliphatic hydroxyl groups excluding tert-OH is 1. The minimum absolute atomic E-state index is 0.0429. The van der Waals surface area contributed by atoms with E-state index in [1.165, 1.54) is 0 Å². The van der Waals surface area contributed by atoms with Crippen LogP contribution >= 0.6 is 0 Å². The number of hydrogen-bond donors (Lipinski definition) is 1. The normalized spacial score (nSPS) is 13.4. The molecule has 5 heteroatoms. The van der Waals surface area contributed by atoms with E-state index in [0.717, 1.165) is 5.69 Å². The highest BCUT2D eigenvalue weighted by atomic mass is 16.3. The number of nitrogens with zero attached hydrogens (tertiary/aromatic N) is 3. The van der Waals surface area contributed by atoms with Crippen LogP contribution in [0.3, 0.4) is 0 Å². The maximum absolute atomic E-state index is 12.4. The Labute approximate surface area is 115 Å². The average molecular weight is 267 g/mol. The minimum Gasteiger partial charge on any atom is -0.393 e. The molecule has 1 amide bonds. The summed E-state index contributed by atoms with van der Waals surface area (Å²) in [6.07, 6.45) is 1.95. The van der Waals surface area contributed by atoms with Crippen LogP contribution in [0.1, 0.15) is 50.2 Å². The highest BCUT2D eigenvalue weighted by Crippen LogP contribution is 2.24. The van der Waals surface area contributed by atoms with Crippen molar-refractivity contribution in [3.8, 4) is 0 Å². The van der Waals surface area contributed by atoms with Crippen molar-refractivity contribution in [3.05, 3.63) is 17.5 Å². The van der Waals surface area contributed by atoms with E-state index < -0.39 is 6.10 Å². The molecular weight excluding hydrogens is 242 g/mol. The second-order valence-electron chi connectivity index (χ2n) is 6.18. The topological polar surface area (TPSA) is 58.4 Å². The number of aliphatic hydroxyl groups is 1. The van der Waals surface area contributed by atoms with Gasteiger partial charge in [-0.05, 0) is 13.3 Å². The zero-order chi connectivity index (χ0) is 14.8. The summed E-state index contributed by atoms with van der Waals surface area (Å²) in [4.78, 5) is 14.1. The number of carbonyl (C=O) groups excluding carboxylic acids is 1. The van der Waals surface area contributed by atoms with Crippen molar-refractivity contribution in [1.82, 2.24) is 14.7 Å². The van der Waals surface area contributed by atoms with Gasteiger partial charge in [-0.2, -0.15) is 5.10 Å². The highest BCUT2D eigenvalue weighted by Gasteiger charge is 2.27. The molecule has 0 aliphatic heterocycles. The molecule has 0 saturated carbocycles. The smallest absolute Gasteiger partial charge is 0.257 e. The van der Waals surface area contributed by atoms with E-state index in [-0.39, 0.29) is 11.3 Å². The Balaban J connectivity index is 2.93. The molecule has 1 unspecified atom stereocenters. The van der Waals surface area contributed by atoms with Crippen molar-refractivity contribution in [1.29, 1.82) is 0 Å². The van der Waals surface area contributed by atoms with Crippen LogP contribution in [0, 0.1) is 0 Å². The Kier molecular flexibility index (Phi) is 4.74. The Morgan fingerprint density at radius 1 is 1.53 bits per heavy atom. The lowest BCUT2D eigenvalue weighted by molar-refractivity contribution is 0.0766. The van der Waals surface area contributed by atoms with Crippen LogP contribution in [-0.2, 0) is 12.5 Å². The first kappa shape index (κ1) is 15.7. The van der Waals surface area contributed by atoms with Crippen LogP contribution < -0.4 is 0 Å². The molecule has 0 aromatic carbocycles. The van der Waals surface area contributed by atoms with Gasteiger partial charge < -0.3 is 10.0 Å². The molecule has 0 aliphatic rings. The zero-order valence-electron chi connectivity index (χ0n) is 12.8. The molecule has 0 spiro atoms. The molecule has 0 saturated heterocycles. The van der Waals surface area contributed by atoms with Crippen LogP contribution in [0.25, 0.3) is 0 Å². The first-order valence-electron chi connectivity index (χ1n) is 6.60. The second kappa shape index (κ2) is 5.74. The predicted molar refractivity (Wildman–Crippen MR) is 75.2 cm³/mol. The van der Waals surface area contributed by atoms with Gasteiger partial charge in [0, 0.05) is 32.3 Å². The third-order valence-corrected chi connectivity index (χ3v) is 3.00. The fraction of sp³-hybridized carbons (Fsp3) is 0.714. The lowest BCUT2D eigenvalue weighted by Gasteiger charge is -2.21. The molecule has 1 heterocycles. The summed E-state index contributed by atoms with van der Waals surface area (Å²) < 4.78 is 1.68. The first-order chi connectivity index (χ1) is 8.62. The number of aromatic nitrogens is 2. The summed E-state index contributed by atoms with van der Waals surface area (Å²) in [6.45, 7) is 8.39. The first-order valence-corrected chi connectivity index (χ1v) is 6.60. The van der Waals surface area contributed by atoms with Gasteiger partial charge in [-0.3, -0.25) is 9.48 Å². The van der Waals surface area contributed by atoms with E-state index in [9.17, 15) is 9.90 Å². The SMILES string of the molecule is CC(O)CCN(C)C(=O)c1cn(C)nc1C(C)(C)C. The van der Waals surface area contributed by atoms with Gasteiger partial charge in [-0.15, -0.1) is 0 Å². The van der Waals surface area contributed by atoms with Gasteiger partial charge in [0.1, 0.15) is 0 Å². The van der Waals surface area contributed by atoms with E-state index in [1.54, 1.807) is 29.7 Å². The quantitative estimate of drug-likeness (QED) is 0.900. The molecule has 0 aliphatic carbocycles. The summed E-state index contributed by atoms with van der Waals surface area (Å²) in [6, 6.07) is 0. The highest BCUT2D eigenvalue weighted by molar-refractivity contribution is 5.95. The molecule has 5 nitrogen and oxygen atoms in total. The minimum atomic E-state index is -0.397. The fourth-order valence-electron chi connectivity index (χ4n) is 1.89. The fourth-order valence-corrected chi connectivity index (χ4v) is 1.89. The molecule has 1 rings (SSSR count). The Bertz CT molecular complexity index is 444. The summed E-state index contributed by atoms with van der Waals surface area (Å²) in [7, 11) is 3.58. The molecule has 0 radical (unpaired) electrons. The van der Waals surface area contributed by atoms with Crippen molar-refractivity contribution >= 4 is 5.91 Å². The van der Waals surface area contributed by atoms with Crippen molar-refractivity contribution in [2.24, 2.45) is 7.05 Å². The summed E-state index contributed by atoms with van der Waals surface area (Å²) in [5.74, 6) is -0.0429. The van der Waals surface area contributed by atoms with E-state index in [2.05, 4.69) is 5.10 Å². The number of rotatable bonds is 4. The van der Waals surface area contributed by atoms with Gasteiger partial charge in [-0.25, -0.2) is 0 Å². The van der Waals surface area contributed by atoms with Crippen LogP contribution in [0.15, 0.2) is 6.20 Å². The monoisotopic (exact) mass is 267 g/mol. The van der Waals surface area contributed by atoms with Gasteiger partial charge in [-0.1, -0.05) is 20.8 Å². The molecule has 1 atom stereocenters. The van der Waals surface area contributed by atoms with Crippen molar-refractivity contribution in [2.45, 2.75) is 45.6 Å². The zero-order valence-corrected chi connectivity index (χ0v) is 12.8. The van der Waals surface area contributed by atoms with Gasteiger partial charge in [0.15, 0.2) is 0 Å². The molecule has 1 N–H and O–H groups in total. The standard InChI is InChI=1S/C14H25N3O2/c1-10(18)7-8-16(5)13(19)11-9-17(6)15-12(11)14(2,3)4/h9-10,18H,7-8H2,1-6H3. The largest absolute Gasteiger partial charge is 0.393 e. The molecule has 0 fully saturated rings. The second-order valence-corrected chi connectivity index (χ2v) is 6.18. The van der Waals surface area contributed by atoms with E-state index in [4.69, 9.17) is 0 Å². The number of hydrogen-bond acceptors (Lipinski definition) is 3. The third kappa shape index (κ3) is 4.06. The number of amides is 1. The molecule has 1 aromatic heterocycles. The van der Waals surface area contributed by atoms with Crippen molar-refractivity contribution in [2.75, 3.05) is 13.6 Å². The molecular formula is C14H25N3O2. The third-order valence-electron chi connectivity index (χ3n) is 3.00. The molecule has 19 heavy (non-hydrogen) atoms. The van der Waals surface area contributed by atoms with Gasteiger partial charge in [0.25, 0.3) is 5.91 Å². The van der Waals surface area contributed by atoms with E-state index >= 15 is 0 Å². The van der Waals surface area contributed by atoms with Gasteiger partial charge >= 0.3 is 0 Å². The lowest BCUT2D eigenvalue weighted by atomic mass is 9.89. The van der Waals surface area contributed by atoms with Crippen LogP contribution in [0.5, 0.6) is 0 Å². The number of carbonyl (C=O) groups is 1. The Morgan fingerprint density at radius 3 is 2.58 bits per heavy atom. The lowest BCUT2D eigenvalue weighted by Crippen LogP contribution is -2.31. The number of aryl methyl sites for hydroxylation is 1. The molecule has 108 valence electrons. The van der Waals surface area contributed by atoms with Crippen LogP contribution in [-0.4, -0.2) is 45.4 Å². The van der Waals surface area contributed by atoms with Gasteiger partial charge in [0.05, 0.1) is 17.4 Å². The summed E-state index contributed by atoms with van der Waals surface area (Å²) in [5, 5.41) is 13.7. The molecule has 1 aromatic rings. The van der Waals surface area contributed by atoms with E-state index in [1.807, 2.05) is 27.8 Å². The van der Waals surface area contributed by atoms with Crippen LogP contribution in [0.2, 0.25) is 0 Å². The van der Waals surface area contributed by atoms with Crippen molar-refractivity contribution in [3.63, 3.8) is 0 Å². The Morgan fingerprint density at radius 2 is 2.11 bits per heavy atom. The maximum Gasteiger partial charge on any atom is 0.257 e.